The monoisotopic (exact) mass is 325 g/mol. The van der Waals surface area contributed by atoms with E-state index in [0.717, 1.165) is 13.0 Å². The molecule has 7 heteroatoms. The number of benzene rings is 1. The Morgan fingerprint density at radius 1 is 1.19 bits per heavy atom. The minimum Gasteiger partial charge on any atom is -0.369 e. The van der Waals surface area contributed by atoms with E-state index in [-0.39, 0.29) is 0 Å². The largest absolute Gasteiger partial charge is 0.369 e. The Hall–Kier alpha value is -1.59. The fourth-order valence-electron chi connectivity index (χ4n) is 1.74. The van der Waals surface area contributed by atoms with Crippen LogP contribution in [-0.2, 0) is 0 Å². The first-order valence-corrected chi connectivity index (χ1v) is 7.60. The number of halogens is 2. The molecule has 2 aromatic rings. The third-order valence-corrected chi connectivity index (χ3v) is 3.37. The van der Waals surface area contributed by atoms with Gasteiger partial charge in [0, 0.05) is 11.6 Å². The molecular formula is C14H17Cl2N5. The summed E-state index contributed by atoms with van der Waals surface area (Å²) in [6, 6.07) is 5.18. The molecule has 5 nitrogen and oxygen atoms in total. The Kier molecular flexibility index (Phi) is 6.02. The molecule has 0 aliphatic rings. The van der Waals surface area contributed by atoms with Gasteiger partial charge in [-0.25, -0.2) is 0 Å². The van der Waals surface area contributed by atoms with Crippen LogP contribution in [0.25, 0.3) is 0 Å². The van der Waals surface area contributed by atoms with Gasteiger partial charge >= 0.3 is 0 Å². The van der Waals surface area contributed by atoms with Crippen molar-refractivity contribution in [2.75, 3.05) is 17.2 Å². The van der Waals surface area contributed by atoms with Gasteiger partial charge in [0.2, 0.25) is 5.95 Å². The number of unbranched alkanes of at least 4 members (excludes halogenated alkanes) is 2. The van der Waals surface area contributed by atoms with Gasteiger partial charge < -0.3 is 10.6 Å². The van der Waals surface area contributed by atoms with Gasteiger partial charge in [-0.15, -0.1) is 5.10 Å². The van der Waals surface area contributed by atoms with E-state index in [1.165, 1.54) is 12.8 Å². The van der Waals surface area contributed by atoms with Gasteiger partial charge in [-0.05, 0) is 24.6 Å². The molecule has 1 aromatic carbocycles. The quantitative estimate of drug-likeness (QED) is 0.732. The summed E-state index contributed by atoms with van der Waals surface area (Å²) >= 11 is 12.0. The fraction of sp³-hybridized carbons (Fsp3) is 0.357. The lowest BCUT2D eigenvalue weighted by Crippen LogP contribution is -2.07. The van der Waals surface area contributed by atoms with Crippen LogP contribution in [0.2, 0.25) is 10.0 Å². The van der Waals surface area contributed by atoms with Gasteiger partial charge in [0.05, 0.1) is 16.9 Å². The van der Waals surface area contributed by atoms with E-state index in [1.54, 1.807) is 24.4 Å². The van der Waals surface area contributed by atoms with Crippen molar-refractivity contribution in [1.29, 1.82) is 0 Å². The maximum atomic E-state index is 6.10. The van der Waals surface area contributed by atoms with E-state index in [0.29, 0.717) is 27.5 Å². The van der Waals surface area contributed by atoms with E-state index in [9.17, 15) is 0 Å². The minimum atomic E-state index is 0.389. The predicted molar refractivity (Wildman–Crippen MR) is 87.6 cm³/mol. The summed E-state index contributed by atoms with van der Waals surface area (Å²) in [6.07, 6.45) is 5.08. The molecule has 21 heavy (non-hydrogen) atoms. The normalized spacial score (nSPS) is 10.4. The molecule has 0 aliphatic heterocycles. The number of nitrogens with zero attached hydrogens (tertiary/aromatic N) is 3. The molecule has 0 amide bonds. The molecule has 112 valence electrons. The summed E-state index contributed by atoms with van der Waals surface area (Å²) < 4.78 is 0. The Labute approximate surface area is 134 Å². The second-order valence-corrected chi connectivity index (χ2v) is 5.39. The molecule has 0 aliphatic carbocycles. The second kappa shape index (κ2) is 8.00. The van der Waals surface area contributed by atoms with Crippen LogP contribution in [0.3, 0.4) is 0 Å². The molecule has 0 saturated carbocycles. The van der Waals surface area contributed by atoms with E-state index in [4.69, 9.17) is 23.2 Å². The van der Waals surface area contributed by atoms with Crippen LogP contribution in [0, 0.1) is 0 Å². The van der Waals surface area contributed by atoms with Crippen LogP contribution in [-0.4, -0.2) is 21.7 Å². The molecule has 2 rings (SSSR count). The first-order valence-electron chi connectivity index (χ1n) is 6.84. The maximum Gasteiger partial charge on any atom is 0.249 e. The number of hydrogen-bond donors (Lipinski definition) is 2. The molecular weight excluding hydrogens is 309 g/mol. The van der Waals surface area contributed by atoms with Crippen LogP contribution < -0.4 is 10.6 Å². The van der Waals surface area contributed by atoms with Gasteiger partial charge in [-0.2, -0.15) is 10.1 Å². The van der Waals surface area contributed by atoms with E-state index in [1.807, 2.05) is 0 Å². The number of rotatable bonds is 7. The van der Waals surface area contributed by atoms with Crippen molar-refractivity contribution < 1.29 is 0 Å². The zero-order chi connectivity index (χ0) is 15.1. The van der Waals surface area contributed by atoms with Crippen molar-refractivity contribution in [2.24, 2.45) is 0 Å². The Morgan fingerprint density at radius 2 is 2.05 bits per heavy atom. The highest BCUT2D eigenvalue weighted by Gasteiger charge is 2.05. The van der Waals surface area contributed by atoms with Gasteiger partial charge in [0.15, 0.2) is 5.82 Å². The SMILES string of the molecule is CCCCCNc1cnnc(Nc2ccc(Cl)cc2Cl)n1. The highest BCUT2D eigenvalue weighted by molar-refractivity contribution is 6.36. The summed E-state index contributed by atoms with van der Waals surface area (Å²) in [7, 11) is 0. The predicted octanol–water partition coefficient (Wildman–Crippen LogP) is 4.52. The fourth-order valence-corrected chi connectivity index (χ4v) is 2.20. The van der Waals surface area contributed by atoms with E-state index >= 15 is 0 Å². The lowest BCUT2D eigenvalue weighted by atomic mass is 10.2. The average Bonchev–Trinajstić information content (AvgIpc) is 2.47. The molecule has 0 saturated heterocycles. The first kappa shape index (κ1) is 15.8. The molecule has 0 unspecified atom stereocenters. The van der Waals surface area contributed by atoms with Crippen LogP contribution in [0.4, 0.5) is 17.5 Å². The third-order valence-electron chi connectivity index (χ3n) is 2.82. The van der Waals surface area contributed by atoms with E-state index < -0.39 is 0 Å². The number of nitrogens with one attached hydrogen (secondary N) is 2. The van der Waals surface area contributed by atoms with Crippen molar-refractivity contribution >= 4 is 40.7 Å². The third kappa shape index (κ3) is 5.02. The molecule has 1 aromatic heterocycles. The van der Waals surface area contributed by atoms with Crippen molar-refractivity contribution in [3.8, 4) is 0 Å². The molecule has 0 bridgehead atoms. The Morgan fingerprint density at radius 3 is 2.81 bits per heavy atom. The molecule has 0 radical (unpaired) electrons. The van der Waals surface area contributed by atoms with Crippen LogP contribution in [0.1, 0.15) is 26.2 Å². The molecule has 1 heterocycles. The number of anilines is 3. The topological polar surface area (TPSA) is 62.7 Å². The summed E-state index contributed by atoms with van der Waals surface area (Å²) in [4.78, 5) is 4.34. The van der Waals surface area contributed by atoms with Gasteiger partial charge in [0.1, 0.15) is 0 Å². The van der Waals surface area contributed by atoms with Crippen molar-refractivity contribution in [3.05, 3.63) is 34.4 Å². The lowest BCUT2D eigenvalue weighted by molar-refractivity contribution is 0.741. The summed E-state index contributed by atoms with van der Waals surface area (Å²) in [5.74, 6) is 1.08. The first-order chi connectivity index (χ1) is 10.2. The molecule has 0 atom stereocenters. The number of aromatic nitrogens is 3. The smallest absolute Gasteiger partial charge is 0.249 e. The van der Waals surface area contributed by atoms with Gasteiger partial charge in [-0.3, -0.25) is 0 Å². The zero-order valence-electron chi connectivity index (χ0n) is 11.7. The highest BCUT2D eigenvalue weighted by atomic mass is 35.5. The Balaban J connectivity index is 2.00. The minimum absolute atomic E-state index is 0.389. The zero-order valence-corrected chi connectivity index (χ0v) is 13.2. The molecule has 2 N–H and O–H groups in total. The van der Waals surface area contributed by atoms with E-state index in [2.05, 4.69) is 32.7 Å². The summed E-state index contributed by atoms with van der Waals surface area (Å²) in [5, 5.41) is 15.2. The summed E-state index contributed by atoms with van der Waals surface area (Å²) in [5.41, 5.74) is 0.686. The van der Waals surface area contributed by atoms with Crippen LogP contribution >= 0.6 is 23.2 Å². The molecule has 0 spiro atoms. The van der Waals surface area contributed by atoms with Crippen molar-refractivity contribution in [1.82, 2.24) is 15.2 Å². The maximum absolute atomic E-state index is 6.10. The van der Waals surface area contributed by atoms with Crippen molar-refractivity contribution in [3.63, 3.8) is 0 Å². The lowest BCUT2D eigenvalue weighted by Gasteiger charge is -2.08. The highest BCUT2D eigenvalue weighted by Crippen LogP contribution is 2.27. The summed E-state index contributed by atoms with van der Waals surface area (Å²) in [6.45, 7) is 3.04. The Bertz CT molecular complexity index is 591. The average molecular weight is 326 g/mol. The standard InChI is InChI=1S/C14H17Cl2N5/c1-2-3-4-7-17-13-9-18-21-14(20-13)19-12-6-5-10(15)8-11(12)16/h5-6,8-9H,2-4,7H2,1H3,(H2,17,19,20,21). The van der Waals surface area contributed by atoms with Gasteiger partial charge in [0.25, 0.3) is 0 Å². The van der Waals surface area contributed by atoms with Crippen LogP contribution in [0.5, 0.6) is 0 Å². The van der Waals surface area contributed by atoms with Crippen LogP contribution in [0.15, 0.2) is 24.4 Å². The number of hydrogen-bond acceptors (Lipinski definition) is 5. The second-order valence-electron chi connectivity index (χ2n) is 4.55. The van der Waals surface area contributed by atoms with Gasteiger partial charge in [-0.1, -0.05) is 43.0 Å². The van der Waals surface area contributed by atoms with Crippen molar-refractivity contribution in [2.45, 2.75) is 26.2 Å². The molecule has 0 fully saturated rings.